The average molecular weight is 402 g/mol. The van der Waals surface area contributed by atoms with Crippen LogP contribution in [0.5, 0.6) is 11.5 Å². The lowest BCUT2D eigenvalue weighted by Crippen LogP contribution is -3.13. The number of aryl methyl sites for hydroxylation is 1. The lowest BCUT2D eigenvalue weighted by molar-refractivity contribution is -0.881. The molecule has 0 bridgehead atoms. The van der Waals surface area contributed by atoms with E-state index in [1.165, 1.54) is 12.1 Å². The van der Waals surface area contributed by atoms with Crippen LogP contribution in [0.1, 0.15) is 12.5 Å². The molecular weight excluding hydrogens is 377 g/mol. The molecule has 1 atom stereocenters. The van der Waals surface area contributed by atoms with Gasteiger partial charge in [0, 0.05) is 11.8 Å². The highest BCUT2D eigenvalue weighted by Gasteiger charge is 2.19. The predicted molar refractivity (Wildman–Crippen MR) is 107 cm³/mol. The van der Waals surface area contributed by atoms with E-state index in [9.17, 15) is 14.0 Å². The molecular formula is C21H25FN3O4+. The highest BCUT2D eigenvalue weighted by Crippen LogP contribution is 2.32. The van der Waals surface area contributed by atoms with Crippen LogP contribution < -0.4 is 25.0 Å². The number of amides is 2. The van der Waals surface area contributed by atoms with Crippen LogP contribution in [0.15, 0.2) is 36.4 Å². The fourth-order valence-corrected chi connectivity index (χ4v) is 3.01. The average Bonchev–Trinajstić information content (AvgIpc) is 2.69. The molecule has 1 aliphatic heterocycles. The molecule has 1 heterocycles. The van der Waals surface area contributed by atoms with Crippen LogP contribution in [0.3, 0.4) is 0 Å². The Bertz CT molecular complexity index is 903. The van der Waals surface area contributed by atoms with Gasteiger partial charge in [0.05, 0.1) is 12.2 Å². The van der Waals surface area contributed by atoms with Gasteiger partial charge < -0.3 is 25.0 Å². The summed E-state index contributed by atoms with van der Waals surface area (Å²) in [4.78, 5) is 25.4. The maximum atomic E-state index is 13.9. The van der Waals surface area contributed by atoms with Crippen molar-refractivity contribution < 1.29 is 28.4 Å². The summed E-state index contributed by atoms with van der Waals surface area (Å²) in [5.74, 6) is 0.181. The van der Waals surface area contributed by atoms with Gasteiger partial charge in [-0.25, -0.2) is 4.39 Å². The van der Waals surface area contributed by atoms with Crippen LogP contribution in [0.4, 0.5) is 15.8 Å². The van der Waals surface area contributed by atoms with Crippen LogP contribution in [0.25, 0.3) is 0 Å². The van der Waals surface area contributed by atoms with Crippen molar-refractivity contribution in [2.24, 2.45) is 0 Å². The van der Waals surface area contributed by atoms with Gasteiger partial charge in [-0.15, -0.1) is 0 Å². The SMILES string of the molecule is CC[NH+](CC(=O)Nc1ccc2c(c1)OCCO2)CC(=O)Nc1ccc(C)cc1F. The second-order valence-corrected chi connectivity index (χ2v) is 6.90. The van der Waals surface area contributed by atoms with Gasteiger partial charge in [0.1, 0.15) is 19.0 Å². The van der Waals surface area contributed by atoms with Gasteiger partial charge in [0.25, 0.3) is 11.8 Å². The van der Waals surface area contributed by atoms with Crippen LogP contribution >= 0.6 is 0 Å². The van der Waals surface area contributed by atoms with E-state index in [2.05, 4.69) is 10.6 Å². The predicted octanol–water partition coefficient (Wildman–Crippen LogP) is 1.39. The highest BCUT2D eigenvalue weighted by molar-refractivity contribution is 5.93. The number of hydrogen-bond acceptors (Lipinski definition) is 4. The second-order valence-electron chi connectivity index (χ2n) is 6.90. The zero-order valence-electron chi connectivity index (χ0n) is 16.5. The summed E-state index contributed by atoms with van der Waals surface area (Å²) in [6, 6.07) is 9.82. The van der Waals surface area contributed by atoms with Crippen molar-refractivity contribution >= 4 is 23.2 Å². The molecule has 29 heavy (non-hydrogen) atoms. The Balaban J connectivity index is 1.53. The van der Waals surface area contributed by atoms with E-state index in [-0.39, 0.29) is 30.6 Å². The van der Waals surface area contributed by atoms with Gasteiger partial charge in [-0.2, -0.15) is 0 Å². The van der Waals surface area contributed by atoms with E-state index in [4.69, 9.17) is 9.47 Å². The number of fused-ring (bicyclic) bond motifs is 1. The van der Waals surface area contributed by atoms with Crippen molar-refractivity contribution in [2.45, 2.75) is 13.8 Å². The standard InChI is InChI=1S/C21H24FN3O4/c1-3-25(13-21(27)24-17-6-4-14(2)10-16(17)22)12-20(26)23-15-5-7-18-19(11-15)29-9-8-28-18/h4-7,10-11H,3,8-9,12-13H2,1-2H3,(H,23,26)(H,24,27)/p+1. The molecule has 0 radical (unpaired) electrons. The fraction of sp³-hybridized carbons (Fsp3) is 0.333. The Kier molecular flexibility index (Phi) is 6.66. The number of benzene rings is 2. The first kappa shape index (κ1) is 20.6. The number of hydrogen-bond donors (Lipinski definition) is 3. The van der Waals surface area contributed by atoms with Crippen molar-refractivity contribution in [3.63, 3.8) is 0 Å². The lowest BCUT2D eigenvalue weighted by Gasteiger charge is -2.20. The molecule has 0 aliphatic carbocycles. The van der Waals surface area contributed by atoms with Crippen LogP contribution in [-0.2, 0) is 9.59 Å². The van der Waals surface area contributed by atoms with Crippen LogP contribution in [0.2, 0.25) is 0 Å². The molecule has 2 aromatic rings. The molecule has 1 unspecified atom stereocenters. The monoisotopic (exact) mass is 402 g/mol. The Labute approximate surface area is 168 Å². The van der Waals surface area contributed by atoms with E-state index in [1.54, 1.807) is 31.2 Å². The summed E-state index contributed by atoms with van der Waals surface area (Å²) in [6.07, 6.45) is 0. The molecule has 0 saturated carbocycles. The molecule has 1 aliphatic rings. The minimum absolute atomic E-state index is 0.0539. The van der Waals surface area contributed by atoms with E-state index >= 15 is 0 Å². The van der Waals surface area contributed by atoms with Crippen molar-refractivity contribution in [2.75, 3.05) is 43.5 Å². The molecule has 0 saturated heterocycles. The number of rotatable bonds is 7. The van der Waals surface area contributed by atoms with E-state index in [0.717, 1.165) is 10.5 Å². The summed E-state index contributed by atoms with van der Waals surface area (Å²) in [7, 11) is 0. The lowest BCUT2D eigenvalue weighted by atomic mass is 10.2. The zero-order chi connectivity index (χ0) is 20.8. The molecule has 0 spiro atoms. The normalized spacial score (nSPS) is 13.5. The summed E-state index contributed by atoms with van der Waals surface area (Å²) in [5, 5.41) is 5.37. The van der Waals surface area contributed by atoms with Gasteiger partial charge in [-0.05, 0) is 43.7 Å². The van der Waals surface area contributed by atoms with Crippen molar-refractivity contribution in [3.8, 4) is 11.5 Å². The first-order valence-corrected chi connectivity index (χ1v) is 9.53. The fourth-order valence-electron chi connectivity index (χ4n) is 3.01. The van der Waals surface area contributed by atoms with Gasteiger partial charge >= 0.3 is 0 Å². The number of quaternary nitrogens is 1. The summed E-state index contributed by atoms with van der Waals surface area (Å²) < 4.78 is 24.9. The van der Waals surface area contributed by atoms with Gasteiger partial charge in [-0.1, -0.05) is 6.07 Å². The van der Waals surface area contributed by atoms with Crippen molar-refractivity contribution in [1.82, 2.24) is 0 Å². The van der Waals surface area contributed by atoms with Crippen LogP contribution in [-0.4, -0.2) is 44.7 Å². The summed E-state index contributed by atoms with van der Waals surface area (Å²) in [6.45, 7) is 5.35. The maximum absolute atomic E-state index is 13.9. The number of carbonyl (C=O) groups is 2. The summed E-state index contributed by atoms with van der Waals surface area (Å²) in [5.41, 5.74) is 1.51. The largest absolute Gasteiger partial charge is 0.486 e. The Morgan fingerprint density at radius 1 is 1.00 bits per heavy atom. The van der Waals surface area contributed by atoms with E-state index in [1.807, 2.05) is 6.92 Å². The molecule has 8 heteroatoms. The van der Waals surface area contributed by atoms with E-state index < -0.39 is 5.82 Å². The minimum Gasteiger partial charge on any atom is -0.486 e. The molecule has 2 aromatic carbocycles. The van der Waals surface area contributed by atoms with Gasteiger partial charge in [0.2, 0.25) is 0 Å². The molecule has 3 rings (SSSR count). The Hall–Kier alpha value is -3.13. The number of nitrogens with one attached hydrogen (secondary N) is 3. The van der Waals surface area contributed by atoms with Crippen molar-refractivity contribution in [1.29, 1.82) is 0 Å². The number of anilines is 2. The zero-order valence-corrected chi connectivity index (χ0v) is 16.5. The second kappa shape index (κ2) is 9.38. The first-order chi connectivity index (χ1) is 13.9. The number of likely N-dealkylation sites (N-methyl/N-ethyl adjacent to an activating group) is 1. The molecule has 3 N–H and O–H groups in total. The minimum atomic E-state index is -0.479. The third-order valence-corrected chi connectivity index (χ3v) is 4.55. The first-order valence-electron chi connectivity index (χ1n) is 9.53. The number of halogens is 1. The van der Waals surface area contributed by atoms with Crippen molar-refractivity contribution in [3.05, 3.63) is 47.8 Å². The molecule has 7 nitrogen and oxygen atoms in total. The molecule has 154 valence electrons. The molecule has 0 aromatic heterocycles. The molecule has 2 amide bonds. The van der Waals surface area contributed by atoms with E-state index in [0.29, 0.717) is 36.9 Å². The highest BCUT2D eigenvalue weighted by atomic mass is 19.1. The quantitative estimate of drug-likeness (QED) is 0.654. The topological polar surface area (TPSA) is 81.1 Å². The Morgan fingerprint density at radius 3 is 2.38 bits per heavy atom. The van der Waals surface area contributed by atoms with Gasteiger partial charge in [-0.3, -0.25) is 9.59 Å². The number of carbonyl (C=O) groups excluding carboxylic acids is 2. The summed E-state index contributed by atoms with van der Waals surface area (Å²) >= 11 is 0. The number of ether oxygens (including phenoxy) is 2. The van der Waals surface area contributed by atoms with Crippen LogP contribution in [0, 0.1) is 12.7 Å². The smallest absolute Gasteiger partial charge is 0.279 e. The third kappa shape index (κ3) is 5.68. The maximum Gasteiger partial charge on any atom is 0.279 e. The Morgan fingerprint density at radius 2 is 1.69 bits per heavy atom. The third-order valence-electron chi connectivity index (χ3n) is 4.55. The van der Waals surface area contributed by atoms with Gasteiger partial charge in [0.15, 0.2) is 24.6 Å². The molecule has 0 fully saturated rings.